The van der Waals surface area contributed by atoms with Crippen LogP contribution in [0.4, 0.5) is 0 Å². The van der Waals surface area contributed by atoms with Gasteiger partial charge in [0.2, 0.25) is 0 Å². The van der Waals surface area contributed by atoms with Crippen molar-refractivity contribution in [1.82, 2.24) is 4.90 Å². The summed E-state index contributed by atoms with van der Waals surface area (Å²) >= 11 is 0. The van der Waals surface area contributed by atoms with E-state index >= 15 is 0 Å². The minimum absolute atomic E-state index is 0.391. The highest BCUT2D eigenvalue weighted by Crippen LogP contribution is 2.30. The van der Waals surface area contributed by atoms with E-state index in [0.717, 1.165) is 11.8 Å². The molecule has 1 aliphatic heterocycles. The summed E-state index contributed by atoms with van der Waals surface area (Å²) in [5.74, 6) is 1.57. The van der Waals surface area contributed by atoms with Gasteiger partial charge in [-0.15, -0.1) is 0 Å². The van der Waals surface area contributed by atoms with Crippen molar-refractivity contribution in [2.75, 3.05) is 19.6 Å². The molecule has 1 aromatic rings. The fourth-order valence-electron chi connectivity index (χ4n) is 2.80. The average Bonchev–Trinajstić information content (AvgIpc) is 2.60. The van der Waals surface area contributed by atoms with E-state index in [2.05, 4.69) is 49.9 Å². The van der Waals surface area contributed by atoms with E-state index in [9.17, 15) is 0 Å². The molecule has 1 aliphatic rings. The zero-order valence-corrected chi connectivity index (χ0v) is 11.2. The minimum atomic E-state index is 0.391. The van der Waals surface area contributed by atoms with E-state index in [1.54, 1.807) is 0 Å². The van der Waals surface area contributed by atoms with E-state index in [-0.39, 0.29) is 0 Å². The Hall–Kier alpha value is -0.860. The highest BCUT2D eigenvalue weighted by molar-refractivity contribution is 5.25. The quantitative estimate of drug-likeness (QED) is 0.868. The molecule has 0 spiro atoms. The van der Waals surface area contributed by atoms with Gasteiger partial charge in [0, 0.05) is 25.7 Å². The van der Waals surface area contributed by atoms with Crippen LogP contribution in [0.2, 0.25) is 0 Å². The molecule has 1 fully saturated rings. The highest BCUT2D eigenvalue weighted by Gasteiger charge is 2.30. The Bertz CT molecular complexity index is 365. The Labute approximate surface area is 105 Å². The Morgan fingerprint density at radius 3 is 2.47 bits per heavy atom. The van der Waals surface area contributed by atoms with Crippen LogP contribution in [0.5, 0.6) is 0 Å². The largest absolute Gasteiger partial charge is 0.329 e. The van der Waals surface area contributed by atoms with Gasteiger partial charge in [-0.1, -0.05) is 43.7 Å². The molecule has 0 aliphatic carbocycles. The van der Waals surface area contributed by atoms with Crippen LogP contribution in [0, 0.1) is 18.8 Å². The maximum absolute atomic E-state index is 5.98. The molecular formula is C15H24N2. The minimum Gasteiger partial charge on any atom is -0.329 e. The third-order valence-corrected chi connectivity index (χ3v) is 4.11. The number of nitrogens with zero attached hydrogens (tertiary/aromatic N) is 1. The number of rotatable bonds is 3. The molecule has 1 heterocycles. The van der Waals surface area contributed by atoms with Crippen molar-refractivity contribution in [2.45, 2.75) is 26.8 Å². The Morgan fingerprint density at radius 2 is 1.94 bits per heavy atom. The smallest absolute Gasteiger partial charge is 0.0470 e. The van der Waals surface area contributed by atoms with Crippen molar-refractivity contribution in [2.24, 2.45) is 17.6 Å². The van der Waals surface area contributed by atoms with Crippen LogP contribution >= 0.6 is 0 Å². The number of aryl methyl sites for hydroxylation is 1. The van der Waals surface area contributed by atoms with E-state index in [1.807, 2.05) is 0 Å². The highest BCUT2D eigenvalue weighted by atomic mass is 15.2. The molecule has 17 heavy (non-hydrogen) atoms. The van der Waals surface area contributed by atoms with Gasteiger partial charge in [0.1, 0.15) is 0 Å². The summed E-state index contributed by atoms with van der Waals surface area (Å²) in [5.41, 5.74) is 8.67. The van der Waals surface area contributed by atoms with Gasteiger partial charge in [-0.2, -0.15) is 0 Å². The van der Waals surface area contributed by atoms with Crippen molar-refractivity contribution >= 4 is 0 Å². The fourth-order valence-corrected chi connectivity index (χ4v) is 2.80. The predicted molar refractivity (Wildman–Crippen MR) is 72.9 cm³/mol. The average molecular weight is 232 g/mol. The predicted octanol–water partition coefficient (Wildman–Crippen LogP) is 2.58. The van der Waals surface area contributed by atoms with Gasteiger partial charge in [0.25, 0.3) is 0 Å². The summed E-state index contributed by atoms with van der Waals surface area (Å²) in [6, 6.07) is 9.15. The van der Waals surface area contributed by atoms with E-state index in [1.165, 1.54) is 24.2 Å². The van der Waals surface area contributed by atoms with E-state index in [0.29, 0.717) is 12.6 Å². The lowest BCUT2D eigenvalue weighted by Gasteiger charge is -2.27. The first kappa shape index (κ1) is 12.6. The van der Waals surface area contributed by atoms with Crippen LogP contribution in [0.3, 0.4) is 0 Å². The number of likely N-dealkylation sites (tertiary alicyclic amines) is 1. The van der Waals surface area contributed by atoms with Crippen LogP contribution in [0.25, 0.3) is 0 Å². The Kier molecular flexibility index (Phi) is 3.85. The molecular weight excluding hydrogens is 208 g/mol. The summed E-state index contributed by atoms with van der Waals surface area (Å²) in [6.07, 6.45) is 0. The lowest BCUT2D eigenvalue weighted by molar-refractivity contribution is 0.240. The first-order chi connectivity index (χ1) is 8.11. The summed E-state index contributed by atoms with van der Waals surface area (Å²) in [4.78, 5) is 2.55. The van der Waals surface area contributed by atoms with Crippen molar-refractivity contribution < 1.29 is 0 Å². The van der Waals surface area contributed by atoms with Crippen LogP contribution in [-0.4, -0.2) is 24.5 Å². The van der Waals surface area contributed by atoms with Crippen molar-refractivity contribution in [1.29, 1.82) is 0 Å². The van der Waals surface area contributed by atoms with Gasteiger partial charge < -0.3 is 5.73 Å². The molecule has 3 atom stereocenters. The zero-order chi connectivity index (χ0) is 12.4. The monoisotopic (exact) mass is 232 g/mol. The van der Waals surface area contributed by atoms with Gasteiger partial charge in [-0.25, -0.2) is 0 Å². The number of nitrogens with two attached hydrogens (primary N) is 1. The summed E-state index contributed by atoms with van der Waals surface area (Å²) < 4.78 is 0. The molecule has 0 aromatic heterocycles. The molecule has 2 rings (SSSR count). The Balaban J connectivity index is 2.17. The molecule has 2 nitrogen and oxygen atoms in total. The molecule has 2 N–H and O–H groups in total. The third kappa shape index (κ3) is 2.70. The summed E-state index contributed by atoms with van der Waals surface area (Å²) in [5, 5.41) is 0. The van der Waals surface area contributed by atoms with Crippen LogP contribution in [0.1, 0.15) is 31.0 Å². The molecule has 0 amide bonds. The van der Waals surface area contributed by atoms with Gasteiger partial charge in [-0.05, 0) is 24.3 Å². The molecule has 3 unspecified atom stereocenters. The lowest BCUT2D eigenvalue weighted by atomic mass is 10.0. The van der Waals surface area contributed by atoms with Gasteiger partial charge >= 0.3 is 0 Å². The van der Waals surface area contributed by atoms with Crippen LogP contribution in [-0.2, 0) is 0 Å². The standard InChI is InChI=1S/C15H24N2/c1-11-5-4-6-14(7-11)15(8-16)17-9-12(2)13(3)10-17/h4-7,12-13,15H,8-10,16H2,1-3H3. The Morgan fingerprint density at radius 1 is 1.29 bits per heavy atom. The topological polar surface area (TPSA) is 29.3 Å². The van der Waals surface area contributed by atoms with Crippen LogP contribution < -0.4 is 5.73 Å². The second-order valence-electron chi connectivity index (χ2n) is 5.57. The summed E-state index contributed by atoms with van der Waals surface area (Å²) in [7, 11) is 0. The maximum Gasteiger partial charge on any atom is 0.0470 e. The molecule has 1 saturated heterocycles. The zero-order valence-electron chi connectivity index (χ0n) is 11.2. The molecule has 1 aromatic carbocycles. The first-order valence-electron chi connectivity index (χ1n) is 6.62. The first-order valence-corrected chi connectivity index (χ1v) is 6.62. The van der Waals surface area contributed by atoms with Crippen molar-refractivity contribution in [3.05, 3.63) is 35.4 Å². The SMILES string of the molecule is Cc1cccc(C(CN)N2CC(C)C(C)C2)c1. The summed E-state index contributed by atoms with van der Waals surface area (Å²) in [6.45, 7) is 9.89. The number of hydrogen-bond donors (Lipinski definition) is 1. The van der Waals surface area contributed by atoms with Crippen molar-refractivity contribution in [3.8, 4) is 0 Å². The van der Waals surface area contributed by atoms with Gasteiger partial charge in [0.15, 0.2) is 0 Å². The fraction of sp³-hybridized carbons (Fsp3) is 0.600. The molecule has 94 valence electrons. The second kappa shape index (κ2) is 5.19. The maximum atomic E-state index is 5.98. The second-order valence-corrected chi connectivity index (χ2v) is 5.57. The third-order valence-electron chi connectivity index (χ3n) is 4.11. The number of hydrogen-bond acceptors (Lipinski definition) is 2. The lowest BCUT2D eigenvalue weighted by Crippen LogP contribution is -2.32. The van der Waals surface area contributed by atoms with Gasteiger partial charge in [0.05, 0.1) is 0 Å². The number of benzene rings is 1. The molecule has 2 heteroatoms. The molecule has 0 bridgehead atoms. The van der Waals surface area contributed by atoms with Gasteiger partial charge in [-0.3, -0.25) is 4.90 Å². The van der Waals surface area contributed by atoms with Crippen LogP contribution in [0.15, 0.2) is 24.3 Å². The normalized spacial score (nSPS) is 27.3. The van der Waals surface area contributed by atoms with E-state index < -0.39 is 0 Å². The molecule has 0 saturated carbocycles. The van der Waals surface area contributed by atoms with Crippen molar-refractivity contribution in [3.63, 3.8) is 0 Å². The van der Waals surface area contributed by atoms with E-state index in [4.69, 9.17) is 5.73 Å². The molecule has 0 radical (unpaired) electrons.